The molecular weight excluding hydrogens is 300 g/mol. The van der Waals surface area contributed by atoms with Crippen molar-refractivity contribution in [3.8, 4) is 0 Å². The summed E-state index contributed by atoms with van der Waals surface area (Å²) in [6.07, 6.45) is 0.373. The van der Waals surface area contributed by atoms with Crippen molar-refractivity contribution in [2.45, 2.75) is 31.7 Å². The Morgan fingerprint density at radius 1 is 1.45 bits per heavy atom. The molecule has 0 unspecified atom stereocenters. The highest BCUT2D eigenvalue weighted by Gasteiger charge is 2.22. The van der Waals surface area contributed by atoms with Crippen molar-refractivity contribution in [3.05, 3.63) is 27.5 Å². The maximum Gasteiger partial charge on any atom is 0.241 e. The van der Waals surface area contributed by atoms with Crippen molar-refractivity contribution in [1.82, 2.24) is 14.9 Å². The molecule has 0 atom stereocenters. The maximum absolute atomic E-state index is 12.3. The summed E-state index contributed by atoms with van der Waals surface area (Å²) in [5, 5.41) is 5.50. The van der Waals surface area contributed by atoms with Gasteiger partial charge in [0.1, 0.15) is 4.90 Å². The fraction of sp³-hybridized carbons (Fsp3) is 0.455. The molecule has 0 amide bonds. The van der Waals surface area contributed by atoms with Gasteiger partial charge >= 0.3 is 0 Å². The summed E-state index contributed by atoms with van der Waals surface area (Å²) in [5.74, 6) is 0.938. The van der Waals surface area contributed by atoms with Crippen molar-refractivity contribution in [2.24, 2.45) is 5.73 Å². The summed E-state index contributed by atoms with van der Waals surface area (Å²) in [6, 6.07) is 0. The van der Waals surface area contributed by atoms with Gasteiger partial charge in [-0.15, -0.1) is 11.3 Å². The number of aromatic nitrogens is 2. The number of rotatable bonds is 6. The van der Waals surface area contributed by atoms with E-state index < -0.39 is 10.0 Å². The fourth-order valence-electron chi connectivity index (χ4n) is 1.80. The molecule has 0 aliphatic rings. The zero-order valence-corrected chi connectivity index (χ0v) is 12.8. The highest BCUT2D eigenvalue weighted by molar-refractivity contribution is 7.89. The minimum atomic E-state index is -3.56. The molecule has 110 valence electrons. The number of aryl methyl sites for hydroxylation is 2. The zero-order chi connectivity index (χ0) is 14.8. The van der Waals surface area contributed by atoms with Gasteiger partial charge in [-0.3, -0.25) is 0 Å². The number of sulfonamides is 1. The minimum absolute atomic E-state index is 0.207. The topological polar surface area (TPSA) is 111 Å². The first-order chi connectivity index (χ1) is 9.44. The third kappa shape index (κ3) is 3.23. The molecule has 2 aromatic heterocycles. The second-order valence-electron chi connectivity index (χ2n) is 4.25. The molecule has 2 heterocycles. The SMILES string of the molecule is Cc1nc(CCNS(=O)(=O)c2c(C)csc2CN)no1. The Morgan fingerprint density at radius 3 is 2.80 bits per heavy atom. The molecule has 0 radical (unpaired) electrons. The molecule has 9 heteroatoms. The number of hydrogen-bond donors (Lipinski definition) is 2. The lowest BCUT2D eigenvalue weighted by molar-refractivity contribution is 0.387. The second kappa shape index (κ2) is 6.00. The maximum atomic E-state index is 12.3. The van der Waals surface area contributed by atoms with E-state index in [1.807, 2.05) is 0 Å². The number of nitrogens with one attached hydrogen (secondary N) is 1. The molecule has 7 nitrogen and oxygen atoms in total. The van der Waals surface area contributed by atoms with Gasteiger partial charge in [-0.25, -0.2) is 13.1 Å². The van der Waals surface area contributed by atoms with E-state index in [4.69, 9.17) is 10.3 Å². The first-order valence-electron chi connectivity index (χ1n) is 6.00. The number of nitrogens with two attached hydrogens (primary N) is 1. The fourth-order valence-corrected chi connectivity index (χ4v) is 4.53. The molecule has 0 fully saturated rings. The van der Waals surface area contributed by atoms with Crippen LogP contribution in [0.3, 0.4) is 0 Å². The van der Waals surface area contributed by atoms with Crippen LogP contribution >= 0.6 is 11.3 Å². The Labute approximate surface area is 121 Å². The van der Waals surface area contributed by atoms with E-state index in [9.17, 15) is 8.42 Å². The second-order valence-corrected chi connectivity index (χ2v) is 6.92. The smallest absolute Gasteiger partial charge is 0.241 e. The van der Waals surface area contributed by atoms with Gasteiger partial charge in [0.15, 0.2) is 5.82 Å². The van der Waals surface area contributed by atoms with Gasteiger partial charge in [0.05, 0.1) is 0 Å². The third-order valence-corrected chi connectivity index (χ3v) is 5.60. The van der Waals surface area contributed by atoms with E-state index in [1.165, 1.54) is 11.3 Å². The standard InChI is InChI=1S/C11H16N4O3S2/c1-7-6-19-9(5-12)11(7)20(16,17)13-4-3-10-14-8(2)18-15-10/h6,13H,3-5,12H2,1-2H3. The number of hydrogen-bond acceptors (Lipinski definition) is 7. The monoisotopic (exact) mass is 316 g/mol. The van der Waals surface area contributed by atoms with E-state index in [2.05, 4.69) is 14.9 Å². The highest BCUT2D eigenvalue weighted by atomic mass is 32.2. The van der Waals surface area contributed by atoms with E-state index in [1.54, 1.807) is 19.2 Å². The Balaban J connectivity index is 2.06. The van der Waals surface area contributed by atoms with Crippen molar-refractivity contribution in [1.29, 1.82) is 0 Å². The normalized spacial score (nSPS) is 11.9. The van der Waals surface area contributed by atoms with Crippen LogP contribution in [-0.4, -0.2) is 25.1 Å². The molecule has 20 heavy (non-hydrogen) atoms. The zero-order valence-electron chi connectivity index (χ0n) is 11.2. The molecule has 0 saturated heterocycles. The average molecular weight is 316 g/mol. The molecule has 2 rings (SSSR count). The van der Waals surface area contributed by atoms with Crippen LogP contribution in [-0.2, 0) is 23.0 Å². The van der Waals surface area contributed by atoms with Gasteiger partial charge in [0.2, 0.25) is 15.9 Å². The number of thiophene rings is 1. The molecule has 0 spiro atoms. The van der Waals surface area contributed by atoms with Gasteiger partial charge in [-0.1, -0.05) is 5.16 Å². The Bertz CT molecular complexity index is 690. The minimum Gasteiger partial charge on any atom is -0.340 e. The summed E-state index contributed by atoms with van der Waals surface area (Å²) < 4.78 is 31.9. The molecule has 2 aromatic rings. The van der Waals surface area contributed by atoms with Gasteiger partial charge in [0.25, 0.3) is 0 Å². The van der Waals surface area contributed by atoms with E-state index >= 15 is 0 Å². The molecule has 0 aliphatic carbocycles. The Morgan fingerprint density at radius 2 is 2.20 bits per heavy atom. The Kier molecular flexibility index (Phi) is 4.53. The molecule has 0 saturated carbocycles. The van der Waals surface area contributed by atoms with Crippen molar-refractivity contribution >= 4 is 21.4 Å². The summed E-state index contributed by atoms with van der Waals surface area (Å²) in [5.41, 5.74) is 6.28. The van der Waals surface area contributed by atoms with Crippen LogP contribution in [0.1, 0.15) is 22.2 Å². The molecule has 0 bridgehead atoms. The molecule has 0 aliphatic heterocycles. The predicted molar refractivity (Wildman–Crippen MR) is 74.9 cm³/mol. The van der Waals surface area contributed by atoms with Crippen molar-refractivity contribution in [2.75, 3.05) is 6.54 Å². The average Bonchev–Trinajstić information content (AvgIpc) is 2.95. The van der Waals surface area contributed by atoms with Crippen LogP contribution < -0.4 is 10.5 Å². The van der Waals surface area contributed by atoms with Crippen LogP contribution in [0.4, 0.5) is 0 Å². The van der Waals surface area contributed by atoms with Crippen LogP contribution in [0.25, 0.3) is 0 Å². The van der Waals surface area contributed by atoms with Crippen LogP contribution in [0, 0.1) is 13.8 Å². The largest absolute Gasteiger partial charge is 0.340 e. The quantitative estimate of drug-likeness (QED) is 0.812. The van der Waals surface area contributed by atoms with Gasteiger partial charge < -0.3 is 10.3 Å². The first-order valence-corrected chi connectivity index (χ1v) is 8.36. The lowest BCUT2D eigenvalue weighted by Crippen LogP contribution is -2.27. The third-order valence-electron chi connectivity index (χ3n) is 2.65. The highest BCUT2D eigenvalue weighted by Crippen LogP contribution is 2.26. The lowest BCUT2D eigenvalue weighted by atomic mass is 10.3. The van der Waals surface area contributed by atoms with Gasteiger partial charge in [-0.05, 0) is 17.9 Å². The first kappa shape index (κ1) is 15.1. The number of nitrogens with zero attached hydrogens (tertiary/aromatic N) is 2. The summed E-state index contributed by atoms with van der Waals surface area (Å²) in [4.78, 5) is 4.96. The van der Waals surface area contributed by atoms with E-state index in [-0.39, 0.29) is 18.0 Å². The van der Waals surface area contributed by atoms with Gasteiger partial charge in [0, 0.05) is 31.3 Å². The summed E-state index contributed by atoms with van der Waals surface area (Å²) >= 11 is 1.35. The molecular formula is C11H16N4O3S2. The molecule has 0 aromatic carbocycles. The van der Waals surface area contributed by atoms with Crippen LogP contribution in [0.5, 0.6) is 0 Å². The Hall–Kier alpha value is -1.29. The van der Waals surface area contributed by atoms with E-state index in [0.717, 1.165) is 0 Å². The molecule has 3 N–H and O–H groups in total. The summed E-state index contributed by atoms with van der Waals surface area (Å²) in [7, 11) is -3.56. The van der Waals surface area contributed by atoms with Crippen LogP contribution in [0.15, 0.2) is 14.8 Å². The lowest BCUT2D eigenvalue weighted by Gasteiger charge is -2.07. The van der Waals surface area contributed by atoms with Crippen molar-refractivity contribution < 1.29 is 12.9 Å². The summed E-state index contributed by atoms with van der Waals surface area (Å²) in [6.45, 7) is 3.86. The van der Waals surface area contributed by atoms with Gasteiger partial charge in [-0.2, -0.15) is 4.98 Å². The van der Waals surface area contributed by atoms with Crippen LogP contribution in [0.2, 0.25) is 0 Å². The van der Waals surface area contributed by atoms with Crippen molar-refractivity contribution in [3.63, 3.8) is 0 Å². The van der Waals surface area contributed by atoms with E-state index in [0.29, 0.717) is 28.6 Å². The predicted octanol–water partition coefficient (Wildman–Crippen LogP) is 0.728.